The largest absolute Gasteiger partial charge is 0.396 e. The van der Waals surface area contributed by atoms with Crippen LogP contribution >= 0.6 is 0 Å². The molecule has 0 aromatic heterocycles. The number of ether oxygens (including phenoxy) is 3. The van der Waals surface area contributed by atoms with Gasteiger partial charge in [0.15, 0.2) is 6.29 Å². The Labute approximate surface area is 79.8 Å². The lowest BCUT2D eigenvalue weighted by atomic mass is 10.4. The van der Waals surface area contributed by atoms with Gasteiger partial charge in [-0.05, 0) is 19.8 Å². The van der Waals surface area contributed by atoms with E-state index >= 15 is 0 Å². The van der Waals surface area contributed by atoms with E-state index in [1.54, 1.807) is 7.11 Å². The minimum Gasteiger partial charge on any atom is -0.396 e. The number of hydrogen-bond donors (Lipinski definition) is 1. The first kappa shape index (κ1) is 12.8. The summed E-state index contributed by atoms with van der Waals surface area (Å²) in [7, 11) is 1.61. The Morgan fingerprint density at radius 1 is 1.15 bits per heavy atom. The third-order valence-corrected chi connectivity index (χ3v) is 1.56. The molecule has 80 valence electrons. The van der Waals surface area contributed by atoms with Crippen LogP contribution in [0.25, 0.3) is 0 Å². The molecule has 0 radical (unpaired) electrons. The molecule has 0 aromatic rings. The fourth-order valence-corrected chi connectivity index (χ4v) is 0.747. The molecule has 0 fully saturated rings. The van der Waals surface area contributed by atoms with Crippen molar-refractivity contribution in [2.45, 2.75) is 26.1 Å². The van der Waals surface area contributed by atoms with Gasteiger partial charge in [0.2, 0.25) is 0 Å². The summed E-state index contributed by atoms with van der Waals surface area (Å²) < 4.78 is 15.4. The molecule has 0 aliphatic carbocycles. The van der Waals surface area contributed by atoms with E-state index in [4.69, 9.17) is 19.3 Å². The lowest BCUT2D eigenvalue weighted by Crippen LogP contribution is -2.12. The van der Waals surface area contributed by atoms with E-state index < -0.39 is 0 Å². The zero-order chi connectivity index (χ0) is 9.94. The molecule has 0 aromatic carbocycles. The average Bonchev–Trinajstić information content (AvgIpc) is 2.16. The van der Waals surface area contributed by atoms with Crippen molar-refractivity contribution in [3.8, 4) is 0 Å². The van der Waals surface area contributed by atoms with Crippen LogP contribution in [-0.2, 0) is 14.2 Å². The number of rotatable bonds is 9. The molecule has 0 heterocycles. The maximum Gasteiger partial charge on any atom is 0.154 e. The summed E-state index contributed by atoms with van der Waals surface area (Å²) in [5, 5.41) is 8.45. The second-order valence-corrected chi connectivity index (χ2v) is 2.72. The summed E-state index contributed by atoms with van der Waals surface area (Å²) in [5.41, 5.74) is 0. The highest BCUT2D eigenvalue weighted by Crippen LogP contribution is 1.93. The van der Waals surface area contributed by atoms with Gasteiger partial charge in [-0.15, -0.1) is 0 Å². The lowest BCUT2D eigenvalue weighted by molar-refractivity contribution is -0.113. The molecule has 0 saturated heterocycles. The van der Waals surface area contributed by atoms with Crippen LogP contribution in [0.15, 0.2) is 0 Å². The minimum absolute atomic E-state index is 0.141. The SMILES string of the molecule is COC(C)OCCCOCCCO. The molecule has 0 bridgehead atoms. The van der Waals surface area contributed by atoms with E-state index in [0.29, 0.717) is 26.2 Å². The number of aliphatic hydroxyl groups is 1. The van der Waals surface area contributed by atoms with Crippen molar-refractivity contribution in [3.63, 3.8) is 0 Å². The molecule has 1 atom stereocenters. The first-order chi connectivity index (χ1) is 6.31. The highest BCUT2D eigenvalue weighted by Gasteiger charge is 1.97. The second kappa shape index (κ2) is 9.92. The second-order valence-electron chi connectivity index (χ2n) is 2.72. The zero-order valence-corrected chi connectivity index (χ0v) is 8.49. The third kappa shape index (κ3) is 9.76. The summed E-state index contributed by atoms with van der Waals surface area (Å²) >= 11 is 0. The van der Waals surface area contributed by atoms with Crippen molar-refractivity contribution in [2.75, 3.05) is 33.5 Å². The van der Waals surface area contributed by atoms with Gasteiger partial charge >= 0.3 is 0 Å². The van der Waals surface area contributed by atoms with Gasteiger partial charge in [0.1, 0.15) is 0 Å². The Morgan fingerprint density at radius 2 is 1.85 bits per heavy atom. The molecular weight excluding hydrogens is 172 g/mol. The van der Waals surface area contributed by atoms with Crippen LogP contribution in [0.1, 0.15) is 19.8 Å². The van der Waals surface area contributed by atoms with Crippen LogP contribution in [0.2, 0.25) is 0 Å². The fourth-order valence-electron chi connectivity index (χ4n) is 0.747. The molecule has 1 N–H and O–H groups in total. The van der Waals surface area contributed by atoms with Crippen molar-refractivity contribution in [1.29, 1.82) is 0 Å². The first-order valence-corrected chi connectivity index (χ1v) is 4.64. The first-order valence-electron chi connectivity index (χ1n) is 4.64. The molecule has 4 nitrogen and oxygen atoms in total. The van der Waals surface area contributed by atoms with Gasteiger partial charge in [0, 0.05) is 26.9 Å². The molecular formula is C9H20O4. The minimum atomic E-state index is -0.141. The molecule has 0 aliphatic rings. The summed E-state index contributed by atoms with van der Waals surface area (Å²) in [6.07, 6.45) is 1.42. The van der Waals surface area contributed by atoms with Gasteiger partial charge in [-0.1, -0.05) is 0 Å². The number of methoxy groups -OCH3 is 1. The van der Waals surface area contributed by atoms with Gasteiger partial charge in [0.05, 0.1) is 6.61 Å². The highest BCUT2D eigenvalue weighted by molar-refractivity contribution is 4.37. The Morgan fingerprint density at radius 3 is 2.46 bits per heavy atom. The summed E-state index contributed by atoms with van der Waals surface area (Å²) in [6.45, 7) is 3.99. The maximum atomic E-state index is 8.45. The van der Waals surface area contributed by atoms with E-state index in [1.807, 2.05) is 6.92 Å². The molecule has 0 saturated carbocycles. The third-order valence-electron chi connectivity index (χ3n) is 1.56. The predicted molar refractivity (Wildman–Crippen MR) is 49.6 cm³/mol. The highest BCUT2D eigenvalue weighted by atomic mass is 16.7. The van der Waals surface area contributed by atoms with Gasteiger partial charge < -0.3 is 19.3 Å². The van der Waals surface area contributed by atoms with Crippen molar-refractivity contribution >= 4 is 0 Å². The van der Waals surface area contributed by atoms with E-state index in [-0.39, 0.29) is 12.9 Å². The fraction of sp³-hybridized carbons (Fsp3) is 1.00. The van der Waals surface area contributed by atoms with Crippen LogP contribution < -0.4 is 0 Å². The topological polar surface area (TPSA) is 47.9 Å². The number of hydrogen-bond acceptors (Lipinski definition) is 4. The normalized spacial score (nSPS) is 13.2. The summed E-state index contributed by atoms with van der Waals surface area (Å²) in [5.74, 6) is 0. The van der Waals surface area contributed by atoms with Crippen molar-refractivity contribution in [1.82, 2.24) is 0 Å². The van der Waals surface area contributed by atoms with Gasteiger partial charge in [0.25, 0.3) is 0 Å². The zero-order valence-electron chi connectivity index (χ0n) is 8.49. The van der Waals surface area contributed by atoms with Crippen molar-refractivity contribution in [2.24, 2.45) is 0 Å². The monoisotopic (exact) mass is 192 g/mol. The van der Waals surface area contributed by atoms with Gasteiger partial charge in [-0.2, -0.15) is 0 Å². The lowest BCUT2D eigenvalue weighted by Gasteiger charge is -2.10. The molecule has 0 amide bonds. The molecule has 0 rings (SSSR count). The van der Waals surface area contributed by atoms with Crippen LogP contribution in [0, 0.1) is 0 Å². The van der Waals surface area contributed by atoms with Crippen molar-refractivity contribution < 1.29 is 19.3 Å². The average molecular weight is 192 g/mol. The molecule has 0 spiro atoms. The standard InChI is InChI=1S/C9H20O4/c1-9(11-2)13-8-4-7-12-6-3-5-10/h9-10H,3-8H2,1-2H3. The van der Waals surface area contributed by atoms with Gasteiger partial charge in [-0.3, -0.25) is 0 Å². The van der Waals surface area contributed by atoms with Gasteiger partial charge in [-0.25, -0.2) is 0 Å². The van der Waals surface area contributed by atoms with E-state index in [1.165, 1.54) is 0 Å². The Kier molecular flexibility index (Phi) is 9.80. The molecule has 4 heteroatoms. The molecule has 0 aliphatic heterocycles. The van der Waals surface area contributed by atoms with Crippen LogP contribution in [0.4, 0.5) is 0 Å². The molecule has 1 unspecified atom stereocenters. The van der Waals surface area contributed by atoms with Crippen LogP contribution in [0.3, 0.4) is 0 Å². The Bertz CT molecular complexity index is 97.6. The Hall–Kier alpha value is -0.160. The number of aliphatic hydroxyl groups excluding tert-OH is 1. The van der Waals surface area contributed by atoms with Crippen LogP contribution in [-0.4, -0.2) is 44.9 Å². The van der Waals surface area contributed by atoms with Crippen LogP contribution in [0.5, 0.6) is 0 Å². The Balaban J connectivity index is 2.91. The van der Waals surface area contributed by atoms with E-state index in [9.17, 15) is 0 Å². The smallest absolute Gasteiger partial charge is 0.154 e. The van der Waals surface area contributed by atoms with E-state index in [2.05, 4.69) is 0 Å². The summed E-state index contributed by atoms with van der Waals surface area (Å²) in [6, 6.07) is 0. The maximum absolute atomic E-state index is 8.45. The van der Waals surface area contributed by atoms with E-state index in [0.717, 1.165) is 6.42 Å². The van der Waals surface area contributed by atoms with Crippen molar-refractivity contribution in [3.05, 3.63) is 0 Å². The summed E-state index contributed by atoms with van der Waals surface area (Å²) in [4.78, 5) is 0. The predicted octanol–water partition coefficient (Wildman–Crippen LogP) is 0.784. The quantitative estimate of drug-likeness (QED) is 0.433. The molecule has 13 heavy (non-hydrogen) atoms.